The largest absolute Gasteiger partial charge is 0.497 e. The van der Waals surface area contributed by atoms with Crippen LogP contribution in [0.3, 0.4) is 0 Å². The molecule has 0 bridgehead atoms. The van der Waals surface area contributed by atoms with Crippen molar-refractivity contribution in [2.24, 2.45) is 0 Å². The third kappa shape index (κ3) is 5.70. The second-order valence-electron chi connectivity index (χ2n) is 6.54. The molecule has 0 aliphatic heterocycles. The summed E-state index contributed by atoms with van der Waals surface area (Å²) < 4.78 is 10.6. The molecule has 0 spiro atoms. The molecule has 0 amide bonds. The molecule has 0 aliphatic rings. The second-order valence-corrected chi connectivity index (χ2v) is 6.54. The number of methoxy groups -OCH3 is 1. The van der Waals surface area contributed by atoms with Gasteiger partial charge in [0.25, 0.3) is 0 Å². The molecular formula is C21H30O3. The predicted molar refractivity (Wildman–Crippen MR) is 100.0 cm³/mol. The van der Waals surface area contributed by atoms with Gasteiger partial charge in [0, 0.05) is 17.0 Å². The summed E-state index contributed by atoms with van der Waals surface area (Å²) in [6.45, 7) is 2.25. The van der Waals surface area contributed by atoms with Crippen LogP contribution >= 0.6 is 0 Å². The van der Waals surface area contributed by atoms with Gasteiger partial charge in [0.1, 0.15) is 11.3 Å². The monoisotopic (exact) mass is 330 g/mol. The number of ether oxygens (including phenoxy) is 1. The van der Waals surface area contributed by atoms with Crippen LogP contribution in [0.25, 0.3) is 11.0 Å². The zero-order valence-corrected chi connectivity index (χ0v) is 15.1. The first-order valence-electron chi connectivity index (χ1n) is 9.35. The molecule has 0 radical (unpaired) electrons. The van der Waals surface area contributed by atoms with E-state index in [2.05, 4.69) is 6.92 Å². The van der Waals surface area contributed by atoms with E-state index < -0.39 is 0 Å². The average molecular weight is 330 g/mol. The van der Waals surface area contributed by atoms with Crippen molar-refractivity contribution in [2.75, 3.05) is 7.11 Å². The maximum Gasteiger partial charge on any atom is 0.339 e. The molecule has 0 N–H and O–H groups in total. The lowest BCUT2D eigenvalue weighted by Gasteiger charge is -2.05. The van der Waals surface area contributed by atoms with Crippen LogP contribution in [0.1, 0.15) is 70.3 Å². The van der Waals surface area contributed by atoms with E-state index in [1.165, 1.54) is 51.4 Å². The summed E-state index contributed by atoms with van der Waals surface area (Å²) in [5, 5.41) is 0.960. The number of fused-ring (bicyclic) bond motifs is 1. The number of rotatable bonds is 11. The van der Waals surface area contributed by atoms with E-state index >= 15 is 0 Å². The fourth-order valence-electron chi connectivity index (χ4n) is 3.06. The van der Waals surface area contributed by atoms with Gasteiger partial charge in [-0.3, -0.25) is 0 Å². The first-order valence-corrected chi connectivity index (χ1v) is 9.35. The summed E-state index contributed by atoms with van der Waals surface area (Å²) in [6, 6.07) is 7.56. The molecule has 0 saturated heterocycles. The van der Waals surface area contributed by atoms with Crippen LogP contribution < -0.4 is 10.4 Å². The van der Waals surface area contributed by atoms with Crippen molar-refractivity contribution in [3.63, 3.8) is 0 Å². The smallest absolute Gasteiger partial charge is 0.339 e. The SMILES string of the molecule is CCCCCCCCCCCc1cc2ccc(OC)cc2oc1=O. The van der Waals surface area contributed by atoms with E-state index in [9.17, 15) is 4.79 Å². The topological polar surface area (TPSA) is 39.4 Å². The number of hydrogen-bond acceptors (Lipinski definition) is 3. The Labute approximate surface area is 145 Å². The maximum absolute atomic E-state index is 12.1. The molecule has 1 aromatic heterocycles. The summed E-state index contributed by atoms with van der Waals surface area (Å²) in [5.74, 6) is 0.706. The van der Waals surface area contributed by atoms with Crippen molar-refractivity contribution in [2.45, 2.75) is 71.1 Å². The molecule has 2 rings (SSSR count). The van der Waals surface area contributed by atoms with Gasteiger partial charge in [-0.05, 0) is 31.0 Å². The summed E-state index contributed by atoms with van der Waals surface area (Å²) in [4.78, 5) is 12.1. The van der Waals surface area contributed by atoms with Gasteiger partial charge in [0.2, 0.25) is 0 Å². The van der Waals surface area contributed by atoms with Gasteiger partial charge in [0.05, 0.1) is 7.11 Å². The van der Waals surface area contributed by atoms with Gasteiger partial charge in [-0.15, -0.1) is 0 Å². The Hall–Kier alpha value is -1.77. The minimum Gasteiger partial charge on any atom is -0.497 e. The number of unbranched alkanes of at least 4 members (excludes halogenated alkanes) is 8. The molecule has 0 fully saturated rings. The molecule has 0 unspecified atom stereocenters. The molecule has 0 aliphatic carbocycles. The normalized spacial score (nSPS) is 11.1. The van der Waals surface area contributed by atoms with E-state index in [0.717, 1.165) is 23.8 Å². The first kappa shape index (κ1) is 18.6. The summed E-state index contributed by atoms with van der Waals surface area (Å²) in [5.41, 5.74) is 1.17. The lowest BCUT2D eigenvalue weighted by molar-refractivity contribution is 0.414. The Morgan fingerprint density at radius 2 is 1.58 bits per heavy atom. The Balaban J connectivity index is 1.76. The van der Waals surface area contributed by atoms with Gasteiger partial charge in [-0.1, -0.05) is 58.3 Å². The van der Waals surface area contributed by atoms with E-state index in [-0.39, 0.29) is 5.63 Å². The van der Waals surface area contributed by atoms with E-state index in [1.54, 1.807) is 13.2 Å². The van der Waals surface area contributed by atoms with Crippen LogP contribution in [0.5, 0.6) is 5.75 Å². The molecule has 3 nitrogen and oxygen atoms in total. The van der Waals surface area contributed by atoms with Crippen LogP contribution in [0.15, 0.2) is 33.5 Å². The van der Waals surface area contributed by atoms with Gasteiger partial charge < -0.3 is 9.15 Å². The summed E-state index contributed by atoms with van der Waals surface area (Å²) >= 11 is 0. The molecule has 0 atom stereocenters. The van der Waals surface area contributed by atoms with Crippen molar-refractivity contribution in [3.8, 4) is 5.75 Å². The highest BCUT2D eigenvalue weighted by Gasteiger charge is 2.06. The molecule has 24 heavy (non-hydrogen) atoms. The number of hydrogen-bond donors (Lipinski definition) is 0. The summed E-state index contributed by atoms with van der Waals surface area (Å²) in [7, 11) is 1.61. The van der Waals surface area contributed by atoms with Crippen LogP contribution in [0.4, 0.5) is 0 Å². The third-order valence-electron chi connectivity index (χ3n) is 4.56. The van der Waals surface area contributed by atoms with Crippen molar-refractivity contribution >= 4 is 11.0 Å². The van der Waals surface area contributed by atoms with Crippen molar-refractivity contribution in [3.05, 3.63) is 40.2 Å². The zero-order chi connectivity index (χ0) is 17.2. The summed E-state index contributed by atoms with van der Waals surface area (Å²) in [6.07, 6.45) is 12.4. The van der Waals surface area contributed by atoms with Crippen LogP contribution in [-0.2, 0) is 6.42 Å². The Kier molecular flexibility index (Phi) is 7.87. The molecule has 0 saturated carbocycles. The average Bonchev–Trinajstić information content (AvgIpc) is 2.60. The molecule has 1 heterocycles. The van der Waals surface area contributed by atoms with Gasteiger partial charge in [-0.2, -0.15) is 0 Å². The minimum absolute atomic E-state index is 0.213. The molecule has 132 valence electrons. The quantitative estimate of drug-likeness (QED) is 0.382. The van der Waals surface area contributed by atoms with Gasteiger partial charge in [-0.25, -0.2) is 4.79 Å². The zero-order valence-electron chi connectivity index (χ0n) is 15.1. The Bertz CT molecular complexity index is 672. The lowest BCUT2D eigenvalue weighted by Crippen LogP contribution is -2.07. The van der Waals surface area contributed by atoms with Gasteiger partial charge >= 0.3 is 5.63 Å². The fourth-order valence-corrected chi connectivity index (χ4v) is 3.06. The highest BCUT2D eigenvalue weighted by molar-refractivity contribution is 5.78. The van der Waals surface area contributed by atoms with Crippen molar-refractivity contribution in [1.29, 1.82) is 0 Å². The highest BCUT2D eigenvalue weighted by Crippen LogP contribution is 2.20. The maximum atomic E-state index is 12.1. The number of benzene rings is 1. The Morgan fingerprint density at radius 1 is 0.917 bits per heavy atom. The first-order chi connectivity index (χ1) is 11.7. The molecule has 1 aromatic carbocycles. The number of aryl methyl sites for hydroxylation is 1. The minimum atomic E-state index is -0.213. The van der Waals surface area contributed by atoms with Crippen LogP contribution in [-0.4, -0.2) is 7.11 Å². The van der Waals surface area contributed by atoms with Crippen molar-refractivity contribution in [1.82, 2.24) is 0 Å². The molecule has 3 heteroatoms. The van der Waals surface area contributed by atoms with E-state index in [0.29, 0.717) is 11.3 Å². The lowest BCUT2D eigenvalue weighted by atomic mass is 10.0. The Morgan fingerprint density at radius 3 is 2.25 bits per heavy atom. The third-order valence-corrected chi connectivity index (χ3v) is 4.56. The fraction of sp³-hybridized carbons (Fsp3) is 0.571. The van der Waals surface area contributed by atoms with E-state index in [1.807, 2.05) is 18.2 Å². The van der Waals surface area contributed by atoms with Gasteiger partial charge in [0.15, 0.2) is 0 Å². The van der Waals surface area contributed by atoms with E-state index in [4.69, 9.17) is 9.15 Å². The predicted octanol–water partition coefficient (Wildman–Crippen LogP) is 5.87. The van der Waals surface area contributed by atoms with Crippen LogP contribution in [0.2, 0.25) is 0 Å². The second kappa shape index (κ2) is 10.2. The van der Waals surface area contributed by atoms with Crippen LogP contribution in [0, 0.1) is 0 Å². The molecular weight excluding hydrogens is 300 g/mol. The van der Waals surface area contributed by atoms with Crippen molar-refractivity contribution < 1.29 is 9.15 Å². The highest BCUT2D eigenvalue weighted by atomic mass is 16.5. The molecule has 2 aromatic rings. The standard InChI is InChI=1S/C21H30O3/c1-3-4-5-6-7-8-9-10-11-12-18-15-17-13-14-19(23-2)16-20(17)24-21(18)22/h13-16H,3-12H2,1-2H3.